The van der Waals surface area contributed by atoms with Crippen LogP contribution >= 0.6 is 0 Å². The second-order valence-corrected chi connectivity index (χ2v) is 8.19. The summed E-state index contributed by atoms with van der Waals surface area (Å²) in [6.07, 6.45) is -1.05. The number of ketones is 1. The quantitative estimate of drug-likeness (QED) is 0.325. The maximum Gasteiger partial charge on any atom is 0.418 e. The average Bonchev–Trinajstić information content (AvgIpc) is 3.38. The summed E-state index contributed by atoms with van der Waals surface area (Å²) in [7, 11) is 0. The molecule has 2 heterocycles. The monoisotopic (exact) mass is 446 g/mol. The van der Waals surface area contributed by atoms with Crippen LogP contribution in [0, 0.1) is 0 Å². The Balaban J connectivity index is 1.77. The number of halogens is 3. The molecular formula is C27H21F3N2O. The molecule has 6 heteroatoms. The van der Waals surface area contributed by atoms with Crippen molar-refractivity contribution in [3.05, 3.63) is 95.7 Å². The average molecular weight is 446 g/mol. The van der Waals surface area contributed by atoms with E-state index in [1.807, 2.05) is 30.3 Å². The van der Waals surface area contributed by atoms with E-state index in [-0.39, 0.29) is 16.9 Å². The number of pyridine rings is 1. The molecule has 5 rings (SSSR count). The molecule has 166 valence electrons. The van der Waals surface area contributed by atoms with Gasteiger partial charge in [-0.15, -0.1) is 0 Å². The molecule has 1 aliphatic rings. The van der Waals surface area contributed by atoms with Crippen LogP contribution in [0.25, 0.3) is 22.0 Å². The molecular weight excluding hydrogens is 425 g/mol. The molecule has 0 aliphatic carbocycles. The van der Waals surface area contributed by atoms with Gasteiger partial charge in [-0.25, -0.2) is 0 Å². The zero-order valence-corrected chi connectivity index (χ0v) is 17.8. The predicted molar refractivity (Wildman–Crippen MR) is 124 cm³/mol. The highest BCUT2D eigenvalue weighted by atomic mass is 19.4. The van der Waals surface area contributed by atoms with E-state index in [0.717, 1.165) is 37.7 Å². The van der Waals surface area contributed by atoms with Crippen molar-refractivity contribution < 1.29 is 18.0 Å². The van der Waals surface area contributed by atoms with Gasteiger partial charge in [0.05, 0.1) is 11.1 Å². The fraction of sp³-hybridized carbons (Fsp3) is 0.185. The summed E-state index contributed by atoms with van der Waals surface area (Å²) in [5, 5.41) is 0.310. The van der Waals surface area contributed by atoms with Crippen LogP contribution in [0.15, 0.2) is 79.0 Å². The van der Waals surface area contributed by atoms with Crippen molar-refractivity contribution in [3.8, 4) is 11.1 Å². The minimum atomic E-state index is -4.55. The van der Waals surface area contributed by atoms with E-state index in [0.29, 0.717) is 22.1 Å². The molecule has 3 aromatic carbocycles. The third-order valence-corrected chi connectivity index (χ3v) is 6.09. The standard InChI is InChI=1S/C27H21F3N2O/c28-27(29,30)23-13-7-12-21-24(19-10-6-11-20(16-19)32-14-4-5-15-32)22(17-31-25(21)23)26(33)18-8-2-1-3-9-18/h1-3,6-13,16-17H,4-5,14-15H2. The smallest absolute Gasteiger partial charge is 0.372 e. The van der Waals surface area contributed by atoms with Crippen LogP contribution in [0.1, 0.15) is 34.3 Å². The van der Waals surface area contributed by atoms with Crippen molar-refractivity contribution in [2.45, 2.75) is 19.0 Å². The zero-order chi connectivity index (χ0) is 23.0. The minimum Gasteiger partial charge on any atom is -0.372 e. The number of hydrogen-bond donors (Lipinski definition) is 0. The number of fused-ring (bicyclic) bond motifs is 1. The van der Waals surface area contributed by atoms with Crippen molar-refractivity contribution in [1.82, 2.24) is 4.98 Å². The predicted octanol–water partition coefficient (Wildman–Crippen LogP) is 6.75. The van der Waals surface area contributed by atoms with Gasteiger partial charge < -0.3 is 4.90 Å². The number of rotatable bonds is 4. The first-order valence-corrected chi connectivity index (χ1v) is 10.9. The number of alkyl halides is 3. The molecule has 1 aromatic heterocycles. The highest BCUT2D eigenvalue weighted by molar-refractivity contribution is 6.16. The van der Waals surface area contributed by atoms with Crippen molar-refractivity contribution >= 4 is 22.4 Å². The summed E-state index contributed by atoms with van der Waals surface area (Å²) in [4.78, 5) is 19.8. The van der Waals surface area contributed by atoms with Gasteiger partial charge in [0, 0.05) is 47.1 Å². The second kappa shape index (κ2) is 8.35. The van der Waals surface area contributed by atoms with Crippen molar-refractivity contribution in [2.75, 3.05) is 18.0 Å². The lowest BCUT2D eigenvalue weighted by Gasteiger charge is -2.20. The third-order valence-electron chi connectivity index (χ3n) is 6.09. The molecule has 1 aliphatic heterocycles. The first-order valence-electron chi connectivity index (χ1n) is 10.9. The van der Waals surface area contributed by atoms with Gasteiger partial charge in [0.1, 0.15) is 0 Å². The Morgan fingerprint density at radius 2 is 1.61 bits per heavy atom. The molecule has 33 heavy (non-hydrogen) atoms. The normalized spacial score (nSPS) is 14.1. The van der Waals surface area contributed by atoms with Gasteiger partial charge in [-0.1, -0.05) is 54.6 Å². The summed E-state index contributed by atoms with van der Waals surface area (Å²) in [6, 6.07) is 20.4. The molecule has 1 saturated heterocycles. The van der Waals surface area contributed by atoms with Crippen LogP contribution in [0.5, 0.6) is 0 Å². The number of carbonyl (C=O) groups excluding carboxylic acids is 1. The number of carbonyl (C=O) groups is 1. The Hall–Kier alpha value is -3.67. The fourth-order valence-corrected chi connectivity index (χ4v) is 4.51. The number of hydrogen-bond acceptors (Lipinski definition) is 3. The van der Waals surface area contributed by atoms with Crippen LogP contribution in [0.2, 0.25) is 0 Å². The number of aromatic nitrogens is 1. The summed E-state index contributed by atoms with van der Waals surface area (Å²) < 4.78 is 41.2. The molecule has 0 saturated carbocycles. The first-order chi connectivity index (χ1) is 15.9. The molecule has 0 spiro atoms. The van der Waals surface area contributed by atoms with Gasteiger partial charge in [-0.05, 0) is 36.6 Å². The number of benzene rings is 3. The Morgan fingerprint density at radius 3 is 2.33 bits per heavy atom. The van der Waals surface area contributed by atoms with Crippen molar-refractivity contribution in [1.29, 1.82) is 0 Å². The summed E-state index contributed by atoms with van der Waals surface area (Å²) in [6.45, 7) is 1.88. The van der Waals surface area contributed by atoms with Crippen molar-refractivity contribution in [3.63, 3.8) is 0 Å². The SMILES string of the molecule is O=C(c1ccccc1)c1cnc2c(C(F)(F)F)cccc2c1-c1cccc(N2CCCC2)c1. The Bertz CT molecular complexity index is 1330. The second-order valence-electron chi connectivity index (χ2n) is 8.19. The zero-order valence-electron chi connectivity index (χ0n) is 17.8. The van der Waals surface area contributed by atoms with Gasteiger partial charge in [-0.2, -0.15) is 13.2 Å². The Kier molecular flexibility index (Phi) is 5.36. The maximum atomic E-state index is 13.7. The molecule has 4 aromatic rings. The first kappa shape index (κ1) is 21.2. The summed E-state index contributed by atoms with van der Waals surface area (Å²) >= 11 is 0. The van der Waals surface area contributed by atoms with Gasteiger partial charge >= 0.3 is 6.18 Å². The Morgan fingerprint density at radius 1 is 0.879 bits per heavy atom. The van der Waals surface area contributed by atoms with Crippen LogP contribution < -0.4 is 4.90 Å². The van der Waals surface area contributed by atoms with E-state index in [1.165, 1.54) is 12.3 Å². The maximum absolute atomic E-state index is 13.7. The molecule has 3 nitrogen and oxygen atoms in total. The largest absolute Gasteiger partial charge is 0.418 e. The molecule has 0 unspecified atom stereocenters. The molecule has 0 radical (unpaired) electrons. The third kappa shape index (κ3) is 3.97. The van der Waals surface area contributed by atoms with Gasteiger partial charge in [0.15, 0.2) is 5.78 Å². The van der Waals surface area contributed by atoms with Crippen LogP contribution in [0.4, 0.5) is 18.9 Å². The van der Waals surface area contributed by atoms with Gasteiger partial charge in [0.25, 0.3) is 0 Å². The van der Waals surface area contributed by atoms with E-state index in [1.54, 1.807) is 30.3 Å². The van der Waals surface area contributed by atoms with E-state index in [2.05, 4.69) is 9.88 Å². The molecule has 0 atom stereocenters. The van der Waals surface area contributed by atoms with Crippen LogP contribution in [-0.4, -0.2) is 23.9 Å². The van der Waals surface area contributed by atoms with Crippen molar-refractivity contribution in [2.24, 2.45) is 0 Å². The lowest BCUT2D eigenvalue weighted by molar-refractivity contribution is -0.136. The number of anilines is 1. The molecule has 1 fully saturated rings. The Labute approximate surface area is 189 Å². The van der Waals surface area contributed by atoms with Crippen LogP contribution in [-0.2, 0) is 6.18 Å². The van der Waals surface area contributed by atoms with E-state index >= 15 is 0 Å². The fourth-order valence-electron chi connectivity index (χ4n) is 4.51. The minimum absolute atomic E-state index is 0.156. The van der Waals surface area contributed by atoms with Gasteiger partial charge in [0.2, 0.25) is 0 Å². The lowest BCUT2D eigenvalue weighted by atomic mass is 9.91. The molecule has 0 amide bonds. The summed E-state index contributed by atoms with van der Waals surface area (Å²) in [5.41, 5.74) is 1.95. The van der Waals surface area contributed by atoms with Crippen LogP contribution in [0.3, 0.4) is 0 Å². The molecule has 0 N–H and O–H groups in total. The highest BCUT2D eigenvalue weighted by Gasteiger charge is 2.34. The number of nitrogens with zero attached hydrogens (tertiary/aromatic N) is 2. The lowest BCUT2D eigenvalue weighted by Crippen LogP contribution is -2.17. The van der Waals surface area contributed by atoms with E-state index in [9.17, 15) is 18.0 Å². The topological polar surface area (TPSA) is 33.2 Å². The van der Waals surface area contributed by atoms with Gasteiger partial charge in [-0.3, -0.25) is 9.78 Å². The number of para-hydroxylation sites is 1. The summed E-state index contributed by atoms with van der Waals surface area (Å²) in [5.74, 6) is -0.274. The van der Waals surface area contributed by atoms with E-state index in [4.69, 9.17) is 0 Å². The highest BCUT2D eigenvalue weighted by Crippen LogP contribution is 2.39. The molecule has 0 bridgehead atoms. The van der Waals surface area contributed by atoms with E-state index < -0.39 is 11.7 Å².